The van der Waals surface area contributed by atoms with Crippen LogP contribution in [0.3, 0.4) is 0 Å². The van der Waals surface area contributed by atoms with E-state index in [1.54, 1.807) is 6.92 Å². The van der Waals surface area contributed by atoms with Gasteiger partial charge in [0.2, 0.25) is 0 Å². The fourth-order valence-corrected chi connectivity index (χ4v) is 2.41. The molecule has 6 heteroatoms. The maximum atomic E-state index is 12.1. The van der Waals surface area contributed by atoms with E-state index < -0.39 is 11.9 Å². The number of ether oxygens (including phenoxy) is 1. The molecule has 6 nitrogen and oxygen atoms in total. The van der Waals surface area contributed by atoms with Crippen molar-refractivity contribution < 1.29 is 23.8 Å². The number of rotatable bonds is 9. The van der Waals surface area contributed by atoms with Crippen LogP contribution in [-0.4, -0.2) is 30.1 Å². The molecule has 0 aliphatic rings. The summed E-state index contributed by atoms with van der Waals surface area (Å²) >= 11 is 0. The Morgan fingerprint density at radius 1 is 1.23 bits per heavy atom. The first kappa shape index (κ1) is 19.6. The fraction of sp³-hybridized carbons (Fsp3) is 0.400. The average Bonchev–Trinajstić information content (AvgIpc) is 3.05. The van der Waals surface area contributed by atoms with Gasteiger partial charge in [0.05, 0.1) is 6.61 Å². The molecule has 0 fully saturated rings. The third-order valence-corrected chi connectivity index (χ3v) is 3.79. The van der Waals surface area contributed by atoms with E-state index in [4.69, 9.17) is 14.3 Å². The Bertz CT molecular complexity index is 746. The van der Waals surface area contributed by atoms with Gasteiger partial charge < -0.3 is 19.6 Å². The lowest BCUT2D eigenvalue weighted by atomic mass is 10.1. The number of carboxylic acids is 1. The Kier molecular flexibility index (Phi) is 6.83. The number of carbonyl (C=O) groups excluding carboxylic acids is 1. The second-order valence-electron chi connectivity index (χ2n) is 6.46. The molecule has 2 aromatic rings. The van der Waals surface area contributed by atoms with Crippen molar-refractivity contribution >= 4 is 11.9 Å². The van der Waals surface area contributed by atoms with E-state index in [1.165, 1.54) is 6.07 Å². The van der Waals surface area contributed by atoms with E-state index in [9.17, 15) is 9.59 Å². The summed E-state index contributed by atoms with van der Waals surface area (Å²) in [6.07, 6.45) is 1.07. The lowest BCUT2D eigenvalue weighted by molar-refractivity contribution is 0.0694. The quantitative estimate of drug-likeness (QED) is 0.715. The van der Waals surface area contributed by atoms with Crippen LogP contribution in [0.4, 0.5) is 0 Å². The van der Waals surface area contributed by atoms with Gasteiger partial charge in [0.25, 0.3) is 5.91 Å². The fourth-order valence-electron chi connectivity index (χ4n) is 2.41. The van der Waals surface area contributed by atoms with E-state index in [1.807, 2.05) is 24.3 Å². The average molecular weight is 359 g/mol. The minimum atomic E-state index is -1.09. The standard InChI is InChI=1S/C20H25NO5/c1-4-17-16(20(23)24)11-18(26-17)19(22)21-10-9-14-5-7-15(8-6-14)25-12-13(2)3/h5-8,11,13H,4,9-10,12H2,1-3H3,(H,21,22)(H,23,24). The van der Waals surface area contributed by atoms with Gasteiger partial charge in [0, 0.05) is 19.0 Å². The molecule has 1 amide bonds. The molecule has 0 spiro atoms. The number of furan rings is 1. The molecular formula is C20H25NO5. The molecule has 0 aliphatic carbocycles. The molecule has 2 N–H and O–H groups in total. The highest BCUT2D eigenvalue weighted by Crippen LogP contribution is 2.17. The van der Waals surface area contributed by atoms with Crippen LogP contribution in [0, 0.1) is 5.92 Å². The molecule has 0 saturated heterocycles. The Balaban J connectivity index is 1.85. The normalized spacial score (nSPS) is 10.8. The van der Waals surface area contributed by atoms with Gasteiger partial charge in [-0.2, -0.15) is 0 Å². The summed E-state index contributed by atoms with van der Waals surface area (Å²) in [5, 5.41) is 11.9. The first-order valence-electron chi connectivity index (χ1n) is 8.76. The van der Waals surface area contributed by atoms with Crippen LogP contribution in [0.2, 0.25) is 0 Å². The van der Waals surface area contributed by atoms with Gasteiger partial charge in [0.15, 0.2) is 5.76 Å². The van der Waals surface area contributed by atoms with Crippen molar-refractivity contribution in [2.75, 3.05) is 13.2 Å². The molecule has 140 valence electrons. The van der Waals surface area contributed by atoms with Gasteiger partial charge in [-0.1, -0.05) is 32.9 Å². The van der Waals surface area contributed by atoms with Crippen molar-refractivity contribution in [2.45, 2.75) is 33.6 Å². The minimum Gasteiger partial charge on any atom is -0.493 e. The monoisotopic (exact) mass is 359 g/mol. The molecule has 1 aromatic heterocycles. The van der Waals surface area contributed by atoms with Crippen LogP contribution in [0.1, 0.15) is 53.0 Å². The summed E-state index contributed by atoms with van der Waals surface area (Å²) in [5.41, 5.74) is 1.11. The SMILES string of the molecule is CCc1oc(C(=O)NCCc2ccc(OCC(C)C)cc2)cc1C(=O)O. The van der Waals surface area contributed by atoms with E-state index in [0.717, 1.165) is 11.3 Å². The summed E-state index contributed by atoms with van der Waals surface area (Å²) in [6.45, 7) is 7.08. The third-order valence-electron chi connectivity index (χ3n) is 3.79. The van der Waals surface area contributed by atoms with Gasteiger partial charge in [-0.3, -0.25) is 4.79 Å². The molecule has 0 bridgehead atoms. The second-order valence-corrected chi connectivity index (χ2v) is 6.46. The summed E-state index contributed by atoms with van der Waals surface area (Å²) in [5.74, 6) is 0.126. The van der Waals surface area contributed by atoms with Gasteiger partial charge in [-0.25, -0.2) is 4.79 Å². The van der Waals surface area contributed by atoms with Crippen LogP contribution in [0.5, 0.6) is 5.75 Å². The second kappa shape index (κ2) is 9.08. The van der Waals surface area contributed by atoms with Crippen LogP contribution < -0.4 is 10.1 Å². The van der Waals surface area contributed by atoms with E-state index >= 15 is 0 Å². The van der Waals surface area contributed by atoms with Gasteiger partial charge in [-0.15, -0.1) is 0 Å². The molecule has 0 saturated carbocycles. The number of carboxylic acid groups (broad SMARTS) is 1. The predicted molar refractivity (Wildman–Crippen MR) is 97.9 cm³/mol. The largest absolute Gasteiger partial charge is 0.493 e. The van der Waals surface area contributed by atoms with Crippen LogP contribution in [0.25, 0.3) is 0 Å². The lowest BCUT2D eigenvalue weighted by Gasteiger charge is -2.09. The molecule has 0 radical (unpaired) electrons. The first-order valence-corrected chi connectivity index (χ1v) is 8.76. The maximum absolute atomic E-state index is 12.1. The number of aryl methyl sites for hydroxylation is 1. The van der Waals surface area contributed by atoms with Crippen molar-refractivity contribution in [3.8, 4) is 5.75 Å². The highest BCUT2D eigenvalue weighted by molar-refractivity contribution is 5.96. The van der Waals surface area contributed by atoms with Gasteiger partial charge in [-0.05, 0) is 30.0 Å². The van der Waals surface area contributed by atoms with Crippen molar-refractivity contribution in [3.05, 3.63) is 53.0 Å². The highest BCUT2D eigenvalue weighted by Gasteiger charge is 2.19. The minimum absolute atomic E-state index is 0.0247. The van der Waals surface area contributed by atoms with Gasteiger partial charge >= 0.3 is 5.97 Å². The Morgan fingerprint density at radius 2 is 1.92 bits per heavy atom. The predicted octanol–water partition coefficient (Wildman–Crippen LogP) is 3.55. The number of amides is 1. The van der Waals surface area contributed by atoms with Crippen LogP contribution >= 0.6 is 0 Å². The molecule has 1 aromatic carbocycles. The number of hydrogen-bond donors (Lipinski definition) is 2. The zero-order chi connectivity index (χ0) is 19.1. The Morgan fingerprint density at radius 3 is 2.46 bits per heavy atom. The summed E-state index contributed by atoms with van der Waals surface area (Å²) in [7, 11) is 0. The van der Waals surface area contributed by atoms with Crippen molar-refractivity contribution in [2.24, 2.45) is 5.92 Å². The number of benzene rings is 1. The molecular weight excluding hydrogens is 334 g/mol. The summed E-state index contributed by atoms with van der Waals surface area (Å²) < 4.78 is 11.0. The molecule has 0 unspecified atom stereocenters. The van der Waals surface area contributed by atoms with E-state index in [0.29, 0.717) is 37.7 Å². The molecule has 2 rings (SSSR count). The smallest absolute Gasteiger partial charge is 0.339 e. The molecule has 1 heterocycles. The summed E-state index contributed by atoms with van der Waals surface area (Å²) in [6, 6.07) is 9.04. The van der Waals surface area contributed by atoms with E-state index in [-0.39, 0.29) is 11.3 Å². The highest BCUT2D eigenvalue weighted by atomic mass is 16.5. The lowest BCUT2D eigenvalue weighted by Crippen LogP contribution is -2.25. The van der Waals surface area contributed by atoms with Crippen molar-refractivity contribution in [1.29, 1.82) is 0 Å². The van der Waals surface area contributed by atoms with Crippen molar-refractivity contribution in [3.63, 3.8) is 0 Å². The first-order chi connectivity index (χ1) is 12.4. The Labute approximate surface area is 153 Å². The zero-order valence-corrected chi connectivity index (χ0v) is 15.4. The molecule has 0 atom stereocenters. The number of carbonyl (C=O) groups is 2. The van der Waals surface area contributed by atoms with Gasteiger partial charge in [0.1, 0.15) is 17.1 Å². The molecule has 0 aliphatic heterocycles. The summed E-state index contributed by atoms with van der Waals surface area (Å²) in [4.78, 5) is 23.2. The van der Waals surface area contributed by atoms with Crippen LogP contribution in [-0.2, 0) is 12.8 Å². The maximum Gasteiger partial charge on any atom is 0.339 e. The van der Waals surface area contributed by atoms with Crippen LogP contribution in [0.15, 0.2) is 34.7 Å². The Hall–Kier alpha value is -2.76. The number of aromatic carboxylic acids is 1. The zero-order valence-electron chi connectivity index (χ0n) is 15.4. The van der Waals surface area contributed by atoms with E-state index in [2.05, 4.69) is 19.2 Å². The topological polar surface area (TPSA) is 88.8 Å². The third kappa shape index (κ3) is 5.37. The number of hydrogen-bond acceptors (Lipinski definition) is 4. The van der Waals surface area contributed by atoms with Crippen molar-refractivity contribution in [1.82, 2.24) is 5.32 Å². The number of nitrogens with one attached hydrogen (secondary N) is 1. The molecule has 26 heavy (non-hydrogen) atoms.